The van der Waals surface area contributed by atoms with Crippen molar-refractivity contribution < 1.29 is 8.81 Å². The average molecular weight is 283 g/mol. The zero-order valence-electron chi connectivity index (χ0n) is 11.5. The molecule has 1 atom stereocenters. The van der Waals surface area contributed by atoms with Crippen LogP contribution in [0.15, 0.2) is 41.1 Å². The second kappa shape index (κ2) is 4.48. The third-order valence-electron chi connectivity index (χ3n) is 3.72. The van der Waals surface area contributed by atoms with E-state index in [1.807, 2.05) is 12.1 Å². The molecule has 0 bridgehead atoms. The Labute approximate surface area is 121 Å². The van der Waals surface area contributed by atoms with Gasteiger partial charge in [0.2, 0.25) is 0 Å². The lowest BCUT2D eigenvalue weighted by Crippen LogP contribution is -2.30. The SMILES string of the molecule is CC1CNc2cc(-c3cc4ccoc4cc3F)cnc2N1. The van der Waals surface area contributed by atoms with Gasteiger partial charge >= 0.3 is 0 Å². The van der Waals surface area contributed by atoms with Crippen LogP contribution < -0.4 is 10.6 Å². The van der Waals surface area contributed by atoms with Gasteiger partial charge < -0.3 is 15.1 Å². The van der Waals surface area contributed by atoms with Crippen LogP contribution in [0.25, 0.3) is 22.1 Å². The Kier molecular flexibility index (Phi) is 2.60. The maximum atomic E-state index is 14.3. The summed E-state index contributed by atoms with van der Waals surface area (Å²) in [5, 5.41) is 7.48. The largest absolute Gasteiger partial charge is 0.464 e. The summed E-state index contributed by atoms with van der Waals surface area (Å²) in [6.07, 6.45) is 3.25. The fourth-order valence-corrected chi connectivity index (χ4v) is 2.62. The first-order chi connectivity index (χ1) is 10.2. The van der Waals surface area contributed by atoms with Crippen molar-refractivity contribution in [3.05, 3.63) is 42.5 Å². The van der Waals surface area contributed by atoms with E-state index in [4.69, 9.17) is 4.42 Å². The molecule has 4 nitrogen and oxygen atoms in total. The Bertz CT molecular complexity index is 828. The Morgan fingerprint density at radius 2 is 2.24 bits per heavy atom. The predicted molar refractivity (Wildman–Crippen MR) is 81.0 cm³/mol. The normalized spacial score (nSPS) is 17.1. The lowest BCUT2D eigenvalue weighted by molar-refractivity contribution is 0.600. The Hall–Kier alpha value is -2.56. The maximum Gasteiger partial charge on any atom is 0.149 e. The Morgan fingerprint density at radius 3 is 3.14 bits per heavy atom. The molecule has 1 aliphatic heterocycles. The summed E-state index contributed by atoms with van der Waals surface area (Å²) >= 11 is 0. The predicted octanol–water partition coefficient (Wildman–Crippen LogP) is 3.86. The average Bonchev–Trinajstić information content (AvgIpc) is 2.93. The van der Waals surface area contributed by atoms with E-state index in [-0.39, 0.29) is 5.82 Å². The molecule has 2 aromatic heterocycles. The van der Waals surface area contributed by atoms with E-state index < -0.39 is 0 Å². The number of aromatic nitrogens is 1. The molecule has 0 saturated carbocycles. The van der Waals surface area contributed by atoms with E-state index in [2.05, 4.69) is 22.5 Å². The van der Waals surface area contributed by atoms with Crippen molar-refractivity contribution >= 4 is 22.5 Å². The van der Waals surface area contributed by atoms with Gasteiger partial charge in [-0.3, -0.25) is 0 Å². The minimum atomic E-state index is -0.309. The molecule has 3 heterocycles. The van der Waals surface area contributed by atoms with E-state index in [1.54, 1.807) is 18.5 Å². The Morgan fingerprint density at radius 1 is 1.33 bits per heavy atom. The number of halogens is 1. The fraction of sp³-hybridized carbons (Fsp3) is 0.188. The highest BCUT2D eigenvalue weighted by atomic mass is 19.1. The van der Waals surface area contributed by atoms with Crippen LogP contribution in [-0.4, -0.2) is 17.6 Å². The molecular weight excluding hydrogens is 269 g/mol. The highest BCUT2D eigenvalue weighted by Crippen LogP contribution is 2.32. The van der Waals surface area contributed by atoms with Crippen LogP contribution in [0, 0.1) is 5.82 Å². The van der Waals surface area contributed by atoms with Crippen LogP contribution in [-0.2, 0) is 0 Å². The highest BCUT2D eigenvalue weighted by molar-refractivity contribution is 5.85. The summed E-state index contributed by atoms with van der Waals surface area (Å²) in [6.45, 7) is 2.90. The minimum Gasteiger partial charge on any atom is -0.464 e. The molecule has 0 aliphatic carbocycles. The maximum absolute atomic E-state index is 14.3. The standard InChI is InChI=1S/C16H14FN3O/c1-9-7-18-14-5-11(8-19-16(14)20-9)12-4-10-2-3-21-15(10)6-13(12)17/h2-6,8-9,18H,7H2,1H3,(H,19,20). The topological polar surface area (TPSA) is 50.1 Å². The molecule has 1 aromatic carbocycles. The van der Waals surface area contributed by atoms with Crippen molar-refractivity contribution in [3.8, 4) is 11.1 Å². The first-order valence-electron chi connectivity index (χ1n) is 6.88. The molecule has 0 spiro atoms. The van der Waals surface area contributed by atoms with E-state index in [0.29, 0.717) is 17.2 Å². The smallest absolute Gasteiger partial charge is 0.149 e. The molecular formula is C16H14FN3O. The molecule has 5 heteroatoms. The lowest BCUT2D eigenvalue weighted by atomic mass is 10.0. The molecule has 0 saturated heterocycles. The minimum absolute atomic E-state index is 0.309. The number of benzene rings is 1. The zero-order chi connectivity index (χ0) is 14.4. The molecule has 1 aliphatic rings. The van der Waals surface area contributed by atoms with Crippen LogP contribution >= 0.6 is 0 Å². The van der Waals surface area contributed by atoms with Gasteiger partial charge in [0.05, 0.1) is 12.0 Å². The summed E-state index contributed by atoms with van der Waals surface area (Å²) in [5.41, 5.74) is 2.73. The van der Waals surface area contributed by atoms with Gasteiger partial charge in [-0.05, 0) is 25.1 Å². The van der Waals surface area contributed by atoms with Gasteiger partial charge in [-0.2, -0.15) is 0 Å². The summed E-state index contributed by atoms with van der Waals surface area (Å²) in [7, 11) is 0. The molecule has 4 rings (SSSR count). The number of furan rings is 1. The van der Waals surface area contributed by atoms with Crippen LogP contribution in [0.5, 0.6) is 0 Å². The van der Waals surface area contributed by atoms with Crippen LogP contribution in [0.2, 0.25) is 0 Å². The Balaban J connectivity index is 1.83. The molecule has 3 aromatic rings. The van der Waals surface area contributed by atoms with Crippen molar-refractivity contribution in [2.45, 2.75) is 13.0 Å². The van der Waals surface area contributed by atoms with Crippen LogP contribution in [0.1, 0.15) is 6.92 Å². The van der Waals surface area contributed by atoms with Gasteiger partial charge in [-0.25, -0.2) is 9.37 Å². The number of nitrogens with zero attached hydrogens (tertiary/aromatic N) is 1. The van der Waals surface area contributed by atoms with Gasteiger partial charge in [0.25, 0.3) is 0 Å². The number of pyridine rings is 1. The molecule has 1 unspecified atom stereocenters. The zero-order valence-corrected chi connectivity index (χ0v) is 11.5. The first-order valence-corrected chi connectivity index (χ1v) is 6.88. The number of fused-ring (bicyclic) bond motifs is 2. The monoisotopic (exact) mass is 283 g/mol. The fourth-order valence-electron chi connectivity index (χ4n) is 2.62. The van der Waals surface area contributed by atoms with Gasteiger partial charge in [0.15, 0.2) is 0 Å². The molecule has 0 radical (unpaired) electrons. The van der Waals surface area contributed by atoms with Crippen molar-refractivity contribution in [1.82, 2.24) is 4.98 Å². The summed E-state index contributed by atoms with van der Waals surface area (Å²) in [6, 6.07) is 7.28. The van der Waals surface area contributed by atoms with E-state index in [1.165, 1.54) is 6.07 Å². The second-order valence-electron chi connectivity index (χ2n) is 5.34. The van der Waals surface area contributed by atoms with Crippen molar-refractivity contribution in [3.63, 3.8) is 0 Å². The van der Waals surface area contributed by atoms with Gasteiger partial charge in [-0.1, -0.05) is 0 Å². The van der Waals surface area contributed by atoms with Crippen LogP contribution in [0.4, 0.5) is 15.9 Å². The molecule has 106 valence electrons. The molecule has 21 heavy (non-hydrogen) atoms. The van der Waals surface area contributed by atoms with Crippen molar-refractivity contribution in [1.29, 1.82) is 0 Å². The van der Waals surface area contributed by atoms with Gasteiger partial charge in [0.1, 0.15) is 17.2 Å². The summed E-state index contributed by atoms with van der Waals surface area (Å²) < 4.78 is 19.5. The molecule has 0 amide bonds. The van der Waals surface area contributed by atoms with Gasteiger partial charge in [0, 0.05) is 41.4 Å². The van der Waals surface area contributed by atoms with E-state index in [9.17, 15) is 4.39 Å². The molecule has 2 N–H and O–H groups in total. The van der Waals surface area contributed by atoms with E-state index >= 15 is 0 Å². The van der Waals surface area contributed by atoms with Crippen LogP contribution in [0.3, 0.4) is 0 Å². The first kappa shape index (κ1) is 12.2. The molecule has 0 fully saturated rings. The number of hydrogen-bond acceptors (Lipinski definition) is 4. The van der Waals surface area contributed by atoms with Crippen molar-refractivity contribution in [2.75, 3.05) is 17.2 Å². The third kappa shape index (κ3) is 2.01. The summed E-state index contributed by atoms with van der Waals surface area (Å²) in [4.78, 5) is 4.39. The summed E-state index contributed by atoms with van der Waals surface area (Å²) in [5.74, 6) is 0.499. The van der Waals surface area contributed by atoms with Crippen molar-refractivity contribution in [2.24, 2.45) is 0 Å². The third-order valence-corrected chi connectivity index (χ3v) is 3.72. The number of anilines is 2. The number of hydrogen-bond donors (Lipinski definition) is 2. The highest BCUT2D eigenvalue weighted by Gasteiger charge is 2.16. The quantitative estimate of drug-likeness (QED) is 0.712. The number of rotatable bonds is 1. The second-order valence-corrected chi connectivity index (χ2v) is 5.34. The lowest BCUT2D eigenvalue weighted by Gasteiger charge is -2.25. The number of nitrogens with one attached hydrogen (secondary N) is 2. The van der Waals surface area contributed by atoms with Gasteiger partial charge in [-0.15, -0.1) is 0 Å². The van der Waals surface area contributed by atoms with E-state index in [0.717, 1.165) is 29.0 Å².